The van der Waals surface area contributed by atoms with Crippen molar-refractivity contribution in [1.82, 2.24) is 19.4 Å². The Morgan fingerprint density at radius 3 is 2.55 bits per heavy atom. The number of hydrogen-bond acceptors (Lipinski definition) is 4. The normalized spacial score (nSPS) is 36.2. The Kier molecular flexibility index (Phi) is 7.40. The second-order valence-corrected chi connectivity index (χ2v) is 14.0. The van der Waals surface area contributed by atoms with Gasteiger partial charge >= 0.3 is 5.97 Å². The molecule has 0 amide bonds. The molecule has 7 atom stereocenters. The van der Waals surface area contributed by atoms with Gasteiger partial charge in [-0.1, -0.05) is 50.8 Å². The number of aromatic nitrogens is 2. The van der Waals surface area contributed by atoms with E-state index in [1.54, 1.807) is 0 Å². The molecule has 0 radical (unpaired) electrons. The maximum absolute atomic E-state index is 11.3. The molecule has 2 aromatic rings. The molecule has 4 heterocycles. The second kappa shape index (κ2) is 11.2. The first-order chi connectivity index (χ1) is 19.5. The SMILES string of the molecule is CC1CCC2CC(n3c(CC4CC=CN4CCC(=O)O)nc4ccccc43)CC1N2C1CC2CCCCC(C2)C1. The minimum absolute atomic E-state index is 0.180. The summed E-state index contributed by atoms with van der Waals surface area (Å²) in [5.74, 6) is 3.16. The molecule has 4 fully saturated rings. The van der Waals surface area contributed by atoms with Gasteiger partial charge in [0.05, 0.1) is 17.5 Å². The standard InChI is InChI=1S/C34H48N4O2/c1-23-12-13-27-20-29(21-32(23)37(27)28-18-24-7-2-3-8-25(17-24)19-28)38-31-11-5-4-10-30(31)35-33(38)22-26-9-6-15-36(26)16-14-34(39)40/h4-6,10-11,15,23-29,32H,2-3,7-9,12-14,16-22H2,1H3,(H,39,40). The molecule has 216 valence electrons. The number of rotatable bonds is 7. The Bertz CT molecular complexity index is 1220. The van der Waals surface area contributed by atoms with Crippen LogP contribution >= 0.6 is 0 Å². The topological polar surface area (TPSA) is 61.6 Å². The van der Waals surface area contributed by atoms with E-state index in [2.05, 4.69) is 57.8 Å². The molecule has 2 saturated heterocycles. The number of carbonyl (C=O) groups is 1. The predicted octanol–water partition coefficient (Wildman–Crippen LogP) is 6.80. The average Bonchev–Trinajstić information content (AvgIpc) is 3.50. The van der Waals surface area contributed by atoms with Gasteiger partial charge in [-0.2, -0.15) is 0 Å². The van der Waals surface area contributed by atoms with Crippen molar-refractivity contribution < 1.29 is 9.90 Å². The van der Waals surface area contributed by atoms with Crippen molar-refractivity contribution in [1.29, 1.82) is 0 Å². The molecule has 1 aromatic carbocycles. The number of hydrogen-bond donors (Lipinski definition) is 1. The lowest BCUT2D eigenvalue weighted by Gasteiger charge is -2.56. The smallest absolute Gasteiger partial charge is 0.305 e. The molecule has 6 nitrogen and oxygen atoms in total. The molecule has 40 heavy (non-hydrogen) atoms. The van der Waals surface area contributed by atoms with Gasteiger partial charge in [0.2, 0.25) is 0 Å². The molecule has 3 aliphatic heterocycles. The minimum Gasteiger partial charge on any atom is -0.481 e. The summed E-state index contributed by atoms with van der Waals surface area (Å²) in [7, 11) is 0. The van der Waals surface area contributed by atoms with Crippen molar-refractivity contribution in [2.45, 2.75) is 127 Å². The summed E-state index contributed by atoms with van der Waals surface area (Å²) < 4.78 is 2.64. The molecule has 1 N–H and O–H groups in total. The van der Waals surface area contributed by atoms with E-state index in [1.807, 2.05) is 0 Å². The van der Waals surface area contributed by atoms with Gasteiger partial charge in [-0.15, -0.1) is 0 Å². The summed E-state index contributed by atoms with van der Waals surface area (Å²) in [6.07, 6.45) is 21.8. The summed E-state index contributed by atoms with van der Waals surface area (Å²) in [6.45, 7) is 3.10. The number of imidazole rings is 1. The summed E-state index contributed by atoms with van der Waals surface area (Å²) in [5, 5.41) is 9.26. The van der Waals surface area contributed by atoms with Crippen LogP contribution in [0.3, 0.4) is 0 Å². The maximum atomic E-state index is 11.3. The highest BCUT2D eigenvalue weighted by atomic mass is 16.4. The Morgan fingerprint density at radius 1 is 0.950 bits per heavy atom. The molecule has 7 unspecified atom stereocenters. The van der Waals surface area contributed by atoms with E-state index in [9.17, 15) is 9.90 Å². The van der Waals surface area contributed by atoms with Gasteiger partial charge in [0, 0.05) is 43.2 Å². The van der Waals surface area contributed by atoms with E-state index >= 15 is 0 Å². The van der Waals surface area contributed by atoms with Crippen LogP contribution in [-0.4, -0.2) is 61.1 Å². The molecule has 5 aliphatic rings. The number of aliphatic carboxylic acids is 1. The molecule has 2 saturated carbocycles. The first-order valence-electron chi connectivity index (χ1n) is 16.4. The van der Waals surface area contributed by atoms with Crippen LogP contribution in [0, 0.1) is 17.8 Å². The van der Waals surface area contributed by atoms with Gasteiger partial charge in [0.1, 0.15) is 5.82 Å². The highest BCUT2D eigenvalue weighted by Gasteiger charge is 2.47. The largest absolute Gasteiger partial charge is 0.481 e. The average molecular weight is 545 g/mol. The molecular weight excluding hydrogens is 496 g/mol. The first-order valence-corrected chi connectivity index (χ1v) is 16.4. The van der Waals surface area contributed by atoms with Gasteiger partial charge in [-0.3, -0.25) is 9.69 Å². The molecule has 6 heteroatoms. The number of piperidine rings is 2. The number of carboxylic acid groups (broad SMARTS) is 1. The van der Waals surface area contributed by atoms with Gasteiger partial charge in [-0.05, 0) is 87.5 Å². The van der Waals surface area contributed by atoms with Gasteiger partial charge in [-0.25, -0.2) is 4.98 Å². The van der Waals surface area contributed by atoms with Crippen molar-refractivity contribution in [2.24, 2.45) is 17.8 Å². The van der Waals surface area contributed by atoms with E-state index in [-0.39, 0.29) is 6.42 Å². The van der Waals surface area contributed by atoms with Crippen molar-refractivity contribution in [3.63, 3.8) is 0 Å². The van der Waals surface area contributed by atoms with Crippen molar-refractivity contribution in [2.75, 3.05) is 6.54 Å². The van der Waals surface area contributed by atoms with E-state index in [1.165, 1.54) is 82.0 Å². The number of fused-ring (bicyclic) bond motifs is 5. The second-order valence-electron chi connectivity index (χ2n) is 14.0. The van der Waals surface area contributed by atoms with E-state index in [0.717, 1.165) is 42.2 Å². The van der Waals surface area contributed by atoms with Crippen LogP contribution in [-0.2, 0) is 11.2 Å². The van der Waals surface area contributed by atoms with Crippen LogP contribution in [0.5, 0.6) is 0 Å². The summed E-state index contributed by atoms with van der Waals surface area (Å²) in [6, 6.07) is 11.7. The zero-order chi connectivity index (χ0) is 27.2. The fourth-order valence-corrected chi connectivity index (χ4v) is 9.68. The van der Waals surface area contributed by atoms with Crippen LogP contribution < -0.4 is 0 Å². The molecule has 2 aliphatic carbocycles. The van der Waals surface area contributed by atoms with Crippen molar-refractivity contribution >= 4 is 17.0 Å². The van der Waals surface area contributed by atoms with Crippen molar-refractivity contribution in [3.05, 3.63) is 42.4 Å². The lowest BCUT2D eigenvalue weighted by Crippen LogP contribution is -2.60. The minimum atomic E-state index is -0.726. The molecule has 4 bridgehead atoms. The van der Waals surface area contributed by atoms with Crippen LogP contribution in [0.4, 0.5) is 0 Å². The molecule has 7 rings (SSSR count). The lowest BCUT2D eigenvalue weighted by atomic mass is 9.71. The maximum Gasteiger partial charge on any atom is 0.305 e. The third kappa shape index (κ3) is 5.10. The highest BCUT2D eigenvalue weighted by molar-refractivity contribution is 5.76. The fourth-order valence-electron chi connectivity index (χ4n) is 9.68. The zero-order valence-corrected chi connectivity index (χ0v) is 24.3. The lowest BCUT2D eigenvalue weighted by molar-refractivity contribution is -0.137. The monoisotopic (exact) mass is 544 g/mol. The number of nitrogens with zero attached hydrogens (tertiary/aromatic N) is 4. The van der Waals surface area contributed by atoms with Crippen LogP contribution in [0.1, 0.15) is 102 Å². The quantitative estimate of drug-likeness (QED) is 0.415. The van der Waals surface area contributed by atoms with E-state index < -0.39 is 5.97 Å². The zero-order valence-electron chi connectivity index (χ0n) is 24.3. The fraction of sp³-hybridized carbons (Fsp3) is 0.706. The predicted molar refractivity (Wildman–Crippen MR) is 159 cm³/mol. The third-order valence-electron chi connectivity index (χ3n) is 11.5. The first kappa shape index (κ1) is 26.6. The van der Waals surface area contributed by atoms with Gasteiger partial charge in [0.15, 0.2) is 0 Å². The van der Waals surface area contributed by atoms with Crippen LogP contribution in [0.2, 0.25) is 0 Å². The number of benzene rings is 1. The summed E-state index contributed by atoms with van der Waals surface area (Å²) in [4.78, 5) is 21.8. The summed E-state index contributed by atoms with van der Waals surface area (Å²) in [5.41, 5.74) is 2.39. The molecular formula is C34H48N4O2. The highest BCUT2D eigenvalue weighted by Crippen LogP contribution is 2.49. The summed E-state index contributed by atoms with van der Waals surface area (Å²) >= 11 is 0. The number of carboxylic acids is 1. The Balaban J connectivity index is 1.16. The Labute approximate surface area is 239 Å². The Morgan fingerprint density at radius 2 is 1.75 bits per heavy atom. The van der Waals surface area contributed by atoms with Crippen LogP contribution in [0.25, 0.3) is 11.0 Å². The van der Waals surface area contributed by atoms with Crippen LogP contribution in [0.15, 0.2) is 36.5 Å². The third-order valence-corrected chi connectivity index (χ3v) is 11.5. The van der Waals surface area contributed by atoms with Gasteiger partial charge < -0.3 is 14.6 Å². The Hall–Kier alpha value is -2.34. The van der Waals surface area contributed by atoms with Crippen molar-refractivity contribution in [3.8, 4) is 0 Å². The van der Waals surface area contributed by atoms with E-state index in [4.69, 9.17) is 4.98 Å². The molecule has 0 spiro atoms. The number of para-hydroxylation sites is 2. The van der Waals surface area contributed by atoms with E-state index in [0.29, 0.717) is 30.7 Å². The molecule has 1 aromatic heterocycles. The van der Waals surface area contributed by atoms with Gasteiger partial charge in [0.25, 0.3) is 0 Å².